The lowest BCUT2D eigenvalue weighted by atomic mass is 10.2. The minimum atomic E-state index is -0.453. The van der Waals surface area contributed by atoms with Gasteiger partial charge >= 0.3 is 0 Å². The number of anilines is 1. The van der Waals surface area contributed by atoms with Crippen molar-refractivity contribution < 1.29 is 4.39 Å². The Morgan fingerprint density at radius 2 is 2.35 bits per heavy atom. The van der Waals surface area contributed by atoms with Gasteiger partial charge in [-0.3, -0.25) is 0 Å². The van der Waals surface area contributed by atoms with Gasteiger partial charge in [0.25, 0.3) is 0 Å². The smallest absolute Gasteiger partial charge is 0.151 e. The Morgan fingerprint density at radius 3 is 2.94 bits per heavy atom. The topological polar surface area (TPSA) is 66.5 Å². The molecule has 0 bridgehead atoms. The number of hydrogen-bond donors (Lipinski definition) is 1. The van der Waals surface area contributed by atoms with Gasteiger partial charge in [0.15, 0.2) is 5.82 Å². The quantitative estimate of drug-likeness (QED) is 0.867. The van der Waals surface area contributed by atoms with E-state index in [0.717, 1.165) is 0 Å². The van der Waals surface area contributed by atoms with Gasteiger partial charge < -0.3 is 9.88 Å². The van der Waals surface area contributed by atoms with Crippen LogP contribution in [-0.2, 0) is 13.6 Å². The molecule has 0 saturated heterocycles. The third kappa shape index (κ3) is 2.39. The van der Waals surface area contributed by atoms with Crippen LogP contribution in [0.25, 0.3) is 0 Å². The molecule has 0 spiro atoms. The van der Waals surface area contributed by atoms with E-state index in [0.29, 0.717) is 23.6 Å². The van der Waals surface area contributed by atoms with Crippen molar-refractivity contribution in [3.8, 4) is 6.07 Å². The van der Waals surface area contributed by atoms with Gasteiger partial charge in [-0.1, -0.05) is 0 Å². The number of benzene rings is 1. The Labute approximate surface area is 97.5 Å². The highest BCUT2D eigenvalue weighted by atomic mass is 19.1. The van der Waals surface area contributed by atoms with Gasteiger partial charge in [0.2, 0.25) is 0 Å². The zero-order chi connectivity index (χ0) is 12.3. The molecule has 0 amide bonds. The highest BCUT2D eigenvalue weighted by Crippen LogP contribution is 2.15. The fourth-order valence-corrected chi connectivity index (χ4v) is 1.37. The Hall–Kier alpha value is -2.42. The molecule has 0 aliphatic carbocycles. The highest BCUT2D eigenvalue weighted by Gasteiger charge is 2.05. The molecule has 0 atom stereocenters. The van der Waals surface area contributed by atoms with Crippen LogP contribution in [-0.4, -0.2) is 14.8 Å². The second-order valence-electron chi connectivity index (χ2n) is 3.52. The largest absolute Gasteiger partial charge is 0.375 e. The zero-order valence-electron chi connectivity index (χ0n) is 9.18. The van der Waals surface area contributed by atoms with E-state index in [1.54, 1.807) is 17.0 Å². The first kappa shape index (κ1) is 11.1. The summed E-state index contributed by atoms with van der Waals surface area (Å²) in [6, 6.07) is 6.16. The normalized spacial score (nSPS) is 9.94. The number of aryl methyl sites for hydroxylation is 1. The molecule has 1 aromatic heterocycles. The third-order valence-corrected chi connectivity index (χ3v) is 2.34. The minimum Gasteiger partial charge on any atom is -0.375 e. The molecule has 5 nitrogen and oxygen atoms in total. The number of nitriles is 1. The zero-order valence-corrected chi connectivity index (χ0v) is 9.18. The summed E-state index contributed by atoms with van der Waals surface area (Å²) in [6.45, 7) is 0.374. The molecule has 0 radical (unpaired) electrons. The predicted octanol–water partition coefficient (Wildman–Crippen LogP) is 1.44. The lowest BCUT2D eigenvalue weighted by molar-refractivity contribution is 0.629. The molecule has 0 aliphatic heterocycles. The van der Waals surface area contributed by atoms with Gasteiger partial charge in [-0.2, -0.15) is 5.26 Å². The Balaban J connectivity index is 2.10. The van der Waals surface area contributed by atoms with Gasteiger partial charge in [0.05, 0.1) is 23.9 Å². The van der Waals surface area contributed by atoms with Crippen LogP contribution in [0.2, 0.25) is 0 Å². The number of hydrogen-bond acceptors (Lipinski definition) is 4. The van der Waals surface area contributed by atoms with E-state index in [2.05, 4.69) is 15.5 Å². The number of aromatic nitrogens is 3. The van der Waals surface area contributed by atoms with Crippen molar-refractivity contribution in [3.05, 3.63) is 41.7 Å². The Morgan fingerprint density at radius 1 is 1.53 bits per heavy atom. The molecular weight excluding hydrogens is 221 g/mol. The average Bonchev–Trinajstić information content (AvgIpc) is 2.73. The highest BCUT2D eigenvalue weighted by molar-refractivity contribution is 5.48. The van der Waals surface area contributed by atoms with E-state index in [4.69, 9.17) is 5.26 Å². The molecule has 17 heavy (non-hydrogen) atoms. The molecule has 0 fully saturated rings. The maximum absolute atomic E-state index is 13.5. The predicted molar refractivity (Wildman–Crippen MR) is 59.4 cm³/mol. The van der Waals surface area contributed by atoms with Gasteiger partial charge in [0, 0.05) is 7.05 Å². The molecule has 6 heteroatoms. The molecule has 1 heterocycles. The molecule has 0 saturated carbocycles. The third-order valence-electron chi connectivity index (χ3n) is 2.34. The van der Waals surface area contributed by atoms with Crippen molar-refractivity contribution in [2.24, 2.45) is 7.05 Å². The van der Waals surface area contributed by atoms with E-state index in [9.17, 15) is 4.39 Å². The van der Waals surface area contributed by atoms with Gasteiger partial charge in [-0.05, 0) is 18.2 Å². The van der Waals surface area contributed by atoms with Crippen LogP contribution in [0, 0.1) is 17.1 Å². The lowest BCUT2D eigenvalue weighted by Gasteiger charge is -2.06. The number of nitrogens with zero attached hydrogens (tertiary/aromatic N) is 4. The minimum absolute atomic E-state index is 0.298. The van der Waals surface area contributed by atoms with Crippen LogP contribution in [0.1, 0.15) is 11.4 Å². The summed E-state index contributed by atoms with van der Waals surface area (Å²) in [4.78, 5) is 0. The number of rotatable bonds is 3. The maximum Gasteiger partial charge on any atom is 0.151 e. The summed E-state index contributed by atoms with van der Waals surface area (Å²) in [5.74, 6) is 0.250. The summed E-state index contributed by atoms with van der Waals surface area (Å²) in [6.07, 6.45) is 1.58. The number of nitrogens with one attached hydrogen (secondary N) is 1. The van der Waals surface area contributed by atoms with Crippen molar-refractivity contribution in [3.63, 3.8) is 0 Å². The molecule has 0 unspecified atom stereocenters. The van der Waals surface area contributed by atoms with Crippen molar-refractivity contribution >= 4 is 5.69 Å². The fraction of sp³-hybridized carbons (Fsp3) is 0.182. The second-order valence-corrected chi connectivity index (χ2v) is 3.52. The molecule has 86 valence electrons. The first-order valence-electron chi connectivity index (χ1n) is 4.97. The maximum atomic E-state index is 13.5. The van der Waals surface area contributed by atoms with Crippen LogP contribution in [0.3, 0.4) is 0 Å². The van der Waals surface area contributed by atoms with Crippen LogP contribution in [0.5, 0.6) is 0 Å². The van der Waals surface area contributed by atoms with E-state index in [1.165, 1.54) is 12.1 Å². The van der Waals surface area contributed by atoms with Gasteiger partial charge in [-0.15, -0.1) is 10.2 Å². The van der Waals surface area contributed by atoms with E-state index >= 15 is 0 Å². The monoisotopic (exact) mass is 231 g/mol. The van der Waals surface area contributed by atoms with Crippen molar-refractivity contribution in [1.82, 2.24) is 14.8 Å². The molecular formula is C11H10FN5. The van der Waals surface area contributed by atoms with Crippen LogP contribution in [0.4, 0.5) is 10.1 Å². The molecule has 1 aromatic carbocycles. The summed E-state index contributed by atoms with van der Waals surface area (Å²) >= 11 is 0. The van der Waals surface area contributed by atoms with E-state index < -0.39 is 5.82 Å². The molecule has 2 rings (SSSR count). The van der Waals surface area contributed by atoms with Crippen LogP contribution in [0.15, 0.2) is 24.5 Å². The molecule has 0 aliphatic rings. The Kier molecular flexibility index (Phi) is 3.01. The summed E-state index contributed by atoms with van der Waals surface area (Å²) in [5.41, 5.74) is 0.638. The molecule has 1 N–H and O–H groups in total. The van der Waals surface area contributed by atoms with Gasteiger partial charge in [0.1, 0.15) is 12.1 Å². The summed E-state index contributed by atoms with van der Waals surface area (Å²) < 4.78 is 15.3. The second kappa shape index (κ2) is 4.61. The number of halogens is 1. The Bertz CT molecular complexity index is 569. The van der Waals surface area contributed by atoms with Crippen molar-refractivity contribution in [2.75, 3.05) is 5.32 Å². The van der Waals surface area contributed by atoms with Crippen LogP contribution >= 0.6 is 0 Å². The van der Waals surface area contributed by atoms with Crippen LogP contribution < -0.4 is 5.32 Å². The molecule has 2 aromatic rings. The van der Waals surface area contributed by atoms with E-state index in [1.807, 2.05) is 13.1 Å². The standard InChI is InChI=1S/C11H10FN5/c1-17-7-15-16-11(17)6-14-10-3-2-8(5-13)4-9(10)12/h2-4,7,14H,6H2,1H3. The average molecular weight is 231 g/mol. The van der Waals surface area contributed by atoms with Crippen molar-refractivity contribution in [1.29, 1.82) is 5.26 Å². The van der Waals surface area contributed by atoms with Gasteiger partial charge in [-0.25, -0.2) is 4.39 Å². The van der Waals surface area contributed by atoms with E-state index in [-0.39, 0.29) is 0 Å². The lowest BCUT2D eigenvalue weighted by Crippen LogP contribution is -2.06. The first-order valence-corrected chi connectivity index (χ1v) is 4.97. The fourth-order valence-electron chi connectivity index (χ4n) is 1.37. The first-order chi connectivity index (χ1) is 8.20. The summed E-state index contributed by atoms with van der Waals surface area (Å²) in [5, 5.41) is 19.1. The SMILES string of the molecule is Cn1cnnc1CNc1ccc(C#N)cc1F. The summed E-state index contributed by atoms with van der Waals surface area (Å²) in [7, 11) is 1.81. The van der Waals surface area contributed by atoms with Crippen molar-refractivity contribution in [2.45, 2.75) is 6.54 Å².